The maximum absolute atomic E-state index is 12.1. The van der Waals surface area contributed by atoms with Crippen molar-refractivity contribution in [1.82, 2.24) is 10.3 Å². The summed E-state index contributed by atoms with van der Waals surface area (Å²) in [6, 6.07) is 12.9. The molecule has 5 nitrogen and oxygen atoms in total. The number of nitrogens with one attached hydrogen (secondary N) is 2. The smallest absolute Gasteiger partial charge is 0.224 e. The first-order valence-corrected chi connectivity index (χ1v) is 8.49. The quantitative estimate of drug-likeness (QED) is 0.756. The van der Waals surface area contributed by atoms with Gasteiger partial charge in [0.05, 0.1) is 0 Å². The minimum atomic E-state index is 0. The molecule has 0 unspecified atom stereocenters. The summed E-state index contributed by atoms with van der Waals surface area (Å²) < 4.78 is 5.69. The number of carbonyl (C=O) groups is 1. The Bertz CT molecular complexity index is 665. The second kappa shape index (κ2) is 11.7. The molecular weight excluding hydrogens is 373 g/mol. The van der Waals surface area contributed by atoms with Gasteiger partial charge in [0.25, 0.3) is 0 Å². The lowest BCUT2D eigenvalue weighted by Crippen LogP contribution is -2.28. The van der Waals surface area contributed by atoms with Gasteiger partial charge in [0, 0.05) is 30.4 Å². The number of piperidine rings is 1. The van der Waals surface area contributed by atoms with E-state index in [1.165, 1.54) is 12.8 Å². The minimum Gasteiger partial charge on any atom is -0.439 e. The molecule has 1 fully saturated rings. The largest absolute Gasteiger partial charge is 0.439 e. The summed E-state index contributed by atoms with van der Waals surface area (Å²) in [4.78, 5) is 16.3. The molecule has 1 amide bonds. The summed E-state index contributed by atoms with van der Waals surface area (Å²) in [5.74, 6) is 1.91. The normalized spacial score (nSPS) is 13.8. The van der Waals surface area contributed by atoms with Gasteiger partial charge in [0.1, 0.15) is 5.75 Å². The molecule has 26 heavy (non-hydrogen) atoms. The van der Waals surface area contributed by atoms with E-state index in [4.69, 9.17) is 4.74 Å². The monoisotopic (exact) mass is 397 g/mol. The molecule has 1 saturated heterocycles. The number of nitrogens with zero attached hydrogens (tertiary/aromatic N) is 1. The molecule has 1 aromatic heterocycles. The van der Waals surface area contributed by atoms with Gasteiger partial charge in [-0.05, 0) is 56.5 Å². The van der Waals surface area contributed by atoms with Crippen molar-refractivity contribution in [3.8, 4) is 11.6 Å². The number of benzene rings is 1. The number of aromatic nitrogens is 1. The number of amides is 1. The maximum atomic E-state index is 12.1. The van der Waals surface area contributed by atoms with Gasteiger partial charge in [-0.15, -0.1) is 24.8 Å². The topological polar surface area (TPSA) is 63.2 Å². The van der Waals surface area contributed by atoms with E-state index in [-0.39, 0.29) is 30.7 Å². The lowest BCUT2D eigenvalue weighted by Gasteiger charge is -2.22. The van der Waals surface area contributed by atoms with Crippen LogP contribution in [-0.4, -0.2) is 24.0 Å². The molecule has 0 bridgehead atoms. The van der Waals surface area contributed by atoms with Crippen molar-refractivity contribution < 1.29 is 9.53 Å². The molecule has 0 atom stereocenters. The van der Waals surface area contributed by atoms with Crippen LogP contribution in [-0.2, 0) is 4.79 Å². The molecule has 1 aromatic carbocycles. The third-order valence-electron chi connectivity index (χ3n) is 4.22. The fourth-order valence-corrected chi connectivity index (χ4v) is 2.89. The van der Waals surface area contributed by atoms with E-state index in [9.17, 15) is 4.79 Å². The van der Waals surface area contributed by atoms with Gasteiger partial charge in [0.2, 0.25) is 11.8 Å². The van der Waals surface area contributed by atoms with Gasteiger partial charge in [-0.25, -0.2) is 4.98 Å². The van der Waals surface area contributed by atoms with Crippen LogP contribution in [0, 0.1) is 5.92 Å². The average molecular weight is 398 g/mol. The van der Waals surface area contributed by atoms with Crippen LogP contribution < -0.4 is 15.4 Å². The number of halogens is 2. The highest BCUT2D eigenvalue weighted by molar-refractivity contribution is 5.90. The summed E-state index contributed by atoms with van der Waals surface area (Å²) in [7, 11) is 0. The van der Waals surface area contributed by atoms with E-state index in [1.807, 2.05) is 36.4 Å². The second-order valence-corrected chi connectivity index (χ2v) is 6.08. The highest BCUT2D eigenvalue weighted by atomic mass is 35.5. The van der Waals surface area contributed by atoms with Crippen LogP contribution in [0.1, 0.15) is 25.7 Å². The van der Waals surface area contributed by atoms with E-state index in [0.717, 1.165) is 25.2 Å². The molecule has 3 rings (SSSR count). The van der Waals surface area contributed by atoms with Crippen LogP contribution in [0.5, 0.6) is 11.6 Å². The molecule has 0 aliphatic carbocycles. The second-order valence-electron chi connectivity index (χ2n) is 6.08. The lowest BCUT2D eigenvalue weighted by molar-refractivity contribution is -0.116. The molecule has 1 aliphatic rings. The van der Waals surface area contributed by atoms with Crippen molar-refractivity contribution >= 4 is 36.4 Å². The predicted octanol–water partition coefficient (Wildman–Crippen LogP) is 4.44. The van der Waals surface area contributed by atoms with E-state index >= 15 is 0 Å². The molecule has 142 valence electrons. The number of carbonyl (C=O) groups excluding carboxylic acids is 1. The number of ether oxygens (including phenoxy) is 1. The molecule has 2 heterocycles. The molecule has 2 aromatic rings. The predicted molar refractivity (Wildman–Crippen MR) is 109 cm³/mol. The van der Waals surface area contributed by atoms with E-state index in [0.29, 0.717) is 24.0 Å². The van der Waals surface area contributed by atoms with Crippen LogP contribution in [0.2, 0.25) is 0 Å². The summed E-state index contributed by atoms with van der Waals surface area (Å²) in [5.41, 5.74) is 0.749. The van der Waals surface area contributed by atoms with Gasteiger partial charge in [-0.2, -0.15) is 0 Å². The summed E-state index contributed by atoms with van der Waals surface area (Å²) in [6.45, 7) is 2.14. The highest BCUT2D eigenvalue weighted by Gasteiger charge is 2.14. The molecule has 2 N–H and O–H groups in total. The zero-order valence-electron chi connectivity index (χ0n) is 14.5. The Morgan fingerprint density at radius 3 is 2.69 bits per heavy atom. The van der Waals surface area contributed by atoms with Gasteiger partial charge in [-0.1, -0.05) is 12.1 Å². The average Bonchev–Trinajstić information content (AvgIpc) is 2.62. The Hall–Kier alpha value is -1.82. The standard InChI is InChI=1S/C19H23N3O2.2ClH/c23-18(8-7-15-9-12-20-13-10-15)22-16-4-3-5-17(14-16)24-19-6-1-2-11-21-19;;/h1-6,11,14-15,20H,7-10,12-13H2,(H,22,23);2*1H. The van der Waals surface area contributed by atoms with Gasteiger partial charge in [-0.3, -0.25) is 4.79 Å². The van der Waals surface area contributed by atoms with Gasteiger partial charge >= 0.3 is 0 Å². The molecule has 0 saturated carbocycles. The van der Waals surface area contributed by atoms with Gasteiger partial charge in [0.15, 0.2) is 0 Å². The number of rotatable bonds is 6. The zero-order valence-corrected chi connectivity index (χ0v) is 16.2. The van der Waals surface area contributed by atoms with Crippen molar-refractivity contribution in [2.24, 2.45) is 5.92 Å². The Balaban J connectivity index is 0.00000169. The third kappa shape index (κ3) is 7.20. The third-order valence-corrected chi connectivity index (χ3v) is 4.22. The first kappa shape index (κ1) is 22.2. The van der Waals surface area contributed by atoms with Crippen LogP contribution >= 0.6 is 24.8 Å². The number of hydrogen-bond acceptors (Lipinski definition) is 4. The fraction of sp³-hybridized carbons (Fsp3) is 0.368. The highest BCUT2D eigenvalue weighted by Crippen LogP contribution is 2.23. The summed E-state index contributed by atoms with van der Waals surface area (Å²) >= 11 is 0. The van der Waals surface area contributed by atoms with Crippen molar-refractivity contribution in [1.29, 1.82) is 0 Å². The first-order chi connectivity index (χ1) is 11.8. The number of pyridine rings is 1. The minimum absolute atomic E-state index is 0. The van der Waals surface area contributed by atoms with Gasteiger partial charge < -0.3 is 15.4 Å². The molecule has 7 heteroatoms. The Labute approximate surface area is 166 Å². The zero-order chi connectivity index (χ0) is 16.6. The van der Waals surface area contributed by atoms with Crippen LogP contribution in [0.3, 0.4) is 0 Å². The van der Waals surface area contributed by atoms with Crippen LogP contribution in [0.25, 0.3) is 0 Å². The number of anilines is 1. The van der Waals surface area contributed by atoms with Crippen molar-refractivity contribution in [3.63, 3.8) is 0 Å². The molecular formula is C19H25Cl2N3O2. The Kier molecular flexibility index (Phi) is 10.0. The first-order valence-electron chi connectivity index (χ1n) is 8.49. The SMILES string of the molecule is Cl.Cl.O=C(CCC1CCNCC1)Nc1cccc(Oc2ccccn2)c1. The van der Waals surface area contributed by atoms with Crippen LogP contribution in [0.15, 0.2) is 48.7 Å². The molecule has 0 spiro atoms. The summed E-state index contributed by atoms with van der Waals surface area (Å²) in [6.07, 6.45) is 5.54. The van der Waals surface area contributed by atoms with Crippen molar-refractivity contribution in [2.45, 2.75) is 25.7 Å². The van der Waals surface area contributed by atoms with Crippen molar-refractivity contribution in [3.05, 3.63) is 48.7 Å². The van der Waals surface area contributed by atoms with Crippen molar-refractivity contribution in [2.75, 3.05) is 18.4 Å². The molecule has 0 radical (unpaired) electrons. The van der Waals surface area contributed by atoms with E-state index in [1.54, 1.807) is 12.3 Å². The van der Waals surface area contributed by atoms with Crippen LogP contribution in [0.4, 0.5) is 5.69 Å². The maximum Gasteiger partial charge on any atom is 0.224 e. The van der Waals surface area contributed by atoms with E-state index < -0.39 is 0 Å². The van der Waals surface area contributed by atoms with E-state index in [2.05, 4.69) is 15.6 Å². The Morgan fingerprint density at radius 1 is 1.15 bits per heavy atom. The summed E-state index contributed by atoms with van der Waals surface area (Å²) in [5, 5.41) is 6.30. The fourth-order valence-electron chi connectivity index (χ4n) is 2.89. The number of hydrogen-bond donors (Lipinski definition) is 2. The Morgan fingerprint density at radius 2 is 1.96 bits per heavy atom. The molecule has 1 aliphatic heterocycles. The lowest BCUT2D eigenvalue weighted by atomic mass is 9.93.